The molecule has 1 aromatic heterocycles. The summed E-state index contributed by atoms with van der Waals surface area (Å²) in [5.74, 6) is 0.126. The summed E-state index contributed by atoms with van der Waals surface area (Å²) in [7, 11) is 1.64. The Kier molecular flexibility index (Phi) is 5.08. The average Bonchev–Trinajstić information content (AvgIpc) is 3.10. The van der Waals surface area contributed by atoms with E-state index >= 15 is 0 Å². The number of benzene rings is 1. The summed E-state index contributed by atoms with van der Waals surface area (Å²) in [6.07, 6.45) is 2.69. The van der Waals surface area contributed by atoms with Crippen molar-refractivity contribution in [3.05, 3.63) is 42.4 Å². The number of nitrogens with one attached hydrogen (secondary N) is 1. The Morgan fingerprint density at radius 1 is 1.35 bits per heavy atom. The summed E-state index contributed by atoms with van der Waals surface area (Å²) in [4.78, 5) is 34.9. The van der Waals surface area contributed by atoms with Crippen molar-refractivity contribution < 1.29 is 14.7 Å². The number of likely N-dealkylation sites (N-methyl/N-ethyl adjacent to an activating group) is 1. The number of H-pyrrole nitrogens is 1. The molecule has 1 saturated heterocycles. The van der Waals surface area contributed by atoms with Crippen LogP contribution < -0.4 is 0 Å². The van der Waals surface area contributed by atoms with Crippen LogP contribution in [0.25, 0.3) is 11.3 Å². The number of carbonyl (C=O) groups excluding carboxylic acids is 2. The number of piperidine rings is 1. The zero-order valence-electron chi connectivity index (χ0n) is 15.1. The van der Waals surface area contributed by atoms with E-state index in [0.717, 1.165) is 11.3 Å². The first-order valence-corrected chi connectivity index (χ1v) is 8.72. The Balaban J connectivity index is 1.68. The van der Waals surface area contributed by atoms with Crippen molar-refractivity contribution >= 4 is 11.8 Å². The van der Waals surface area contributed by atoms with Gasteiger partial charge in [-0.25, -0.2) is 4.98 Å². The summed E-state index contributed by atoms with van der Waals surface area (Å²) < 4.78 is 0. The van der Waals surface area contributed by atoms with Crippen LogP contribution in [0.4, 0.5) is 0 Å². The molecule has 26 heavy (non-hydrogen) atoms. The fraction of sp³-hybridized carbons (Fsp3) is 0.421. The SMILES string of the molecule is CC(=O)N1CCC[C@@](O)(C(=O)N(C)Cc2ncc(-c3ccccc3)[nH]2)C1. The van der Waals surface area contributed by atoms with Gasteiger partial charge < -0.3 is 19.9 Å². The Labute approximate surface area is 152 Å². The monoisotopic (exact) mass is 356 g/mol. The van der Waals surface area contributed by atoms with Crippen LogP contribution >= 0.6 is 0 Å². The minimum atomic E-state index is -1.53. The summed E-state index contributed by atoms with van der Waals surface area (Å²) in [5, 5.41) is 10.8. The topological polar surface area (TPSA) is 89.5 Å². The van der Waals surface area contributed by atoms with Crippen LogP contribution in [0.15, 0.2) is 36.5 Å². The third kappa shape index (κ3) is 3.77. The van der Waals surface area contributed by atoms with E-state index in [9.17, 15) is 14.7 Å². The van der Waals surface area contributed by atoms with Gasteiger partial charge in [-0.05, 0) is 18.4 Å². The summed E-state index contributed by atoms with van der Waals surface area (Å²) in [6, 6.07) is 9.80. The van der Waals surface area contributed by atoms with E-state index in [0.29, 0.717) is 25.2 Å². The lowest BCUT2D eigenvalue weighted by molar-refractivity contribution is -0.159. The Morgan fingerprint density at radius 3 is 2.77 bits per heavy atom. The van der Waals surface area contributed by atoms with Crippen LogP contribution in [-0.2, 0) is 16.1 Å². The van der Waals surface area contributed by atoms with Crippen molar-refractivity contribution in [1.29, 1.82) is 0 Å². The maximum Gasteiger partial charge on any atom is 0.256 e. The molecule has 0 saturated carbocycles. The van der Waals surface area contributed by atoms with Gasteiger partial charge in [0.1, 0.15) is 5.82 Å². The molecule has 1 fully saturated rings. The van der Waals surface area contributed by atoms with Crippen LogP contribution in [0.3, 0.4) is 0 Å². The van der Waals surface area contributed by atoms with Gasteiger partial charge in [-0.1, -0.05) is 30.3 Å². The number of nitrogens with zero attached hydrogens (tertiary/aromatic N) is 3. The molecule has 2 heterocycles. The molecule has 2 amide bonds. The second kappa shape index (κ2) is 7.29. The minimum absolute atomic E-state index is 0.0406. The molecular weight excluding hydrogens is 332 g/mol. The highest BCUT2D eigenvalue weighted by molar-refractivity contribution is 5.86. The van der Waals surface area contributed by atoms with Crippen LogP contribution in [0, 0.1) is 0 Å². The van der Waals surface area contributed by atoms with Crippen LogP contribution in [0.2, 0.25) is 0 Å². The summed E-state index contributed by atoms with van der Waals surface area (Å²) >= 11 is 0. The highest BCUT2D eigenvalue weighted by atomic mass is 16.3. The molecule has 138 valence electrons. The molecule has 0 radical (unpaired) electrons. The maximum atomic E-state index is 12.8. The molecule has 0 unspecified atom stereocenters. The van der Waals surface area contributed by atoms with Gasteiger partial charge in [-0.3, -0.25) is 9.59 Å². The number of rotatable bonds is 4. The van der Waals surface area contributed by atoms with E-state index in [-0.39, 0.29) is 24.9 Å². The Bertz CT molecular complexity index is 789. The second-order valence-corrected chi connectivity index (χ2v) is 6.85. The zero-order chi connectivity index (χ0) is 18.7. The minimum Gasteiger partial charge on any atom is -0.378 e. The van der Waals surface area contributed by atoms with E-state index in [1.54, 1.807) is 13.2 Å². The first-order valence-electron chi connectivity index (χ1n) is 8.72. The fourth-order valence-corrected chi connectivity index (χ4v) is 3.34. The predicted octanol–water partition coefficient (Wildman–Crippen LogP) is 1.41. The largest absolute Gasteiger partial charge is 0.378 e. The number of β-amino-alcohol motifs (C(OH)–C–C–N with tert-alkyl or cyclic N) is 1. The number of hydrogen-bond acceptors (Lipinski definition) is 4. The number of aliphatic hydroxyl groups is 1. The summed E-state index contributed by atoms with van der Waals surface area (Å²) in [6.45, 7) is 2.33. The van der Waals surface area contributed by atoms with Crippen molar-refractivity contribution in [1.82, 2.24) is 19.8 Å². The molecule has 1 aliphatic heterocycles. The lowest BCUT2D eigenvalue weighted by Crippen LogP contribution is -2.58. The maximum absolute atomic E-state index is 12.8. The molecular formula is C19H24N4O3. The van der Waals surface area contributed by atoms with Gasteiger partial charge in [-0.2, -0.15) is 0 Å². The van der Waals surface area contributed by atoms with Gasteiger partial charge in [0.15, 0.2) is 5.60 Å². The molecule has 0 spiro atoms. The molecule has 2 aromatic rings. The number of likely N-dealkylation sites (tertiary alicyclic amines) is 1. The number of aromatic amines is 1. The van der Waals surface area contributed by atoms with Crippen molar-refractivity contribution in [2.45, 2.75) is 31.9 Å². The van der Waals surface area contributed by atoms with Crippen molar-refractivity contribution in [2.75, 3.05) is 20.1 Å². The van der Waals surface area contributed by atoms with Crippen LogP contribution in [0.1, 0.15) is 25.6 Å². The van der Waals surface area contributed by atoms with Gasteiger partial charge in [0.25, 0.3) is 5.91 Å². The fourth-order valence-electron chi connectivity index (χ4n) is 3.34. The summed E-state index contributed by atoms with van der Waals surface area (Å²) in [5.41, 5.74) is 0.358. The first kappa shape index (κ1) is 18.1. The van der Waals surface area contributed by atoms with E-state index in [1.165, 1.54) is 16.7 Å². The van der Waals surface area contributed by atoms with Crippen LogP contribution in [0.5, 0.6) is 0 Å². The van der Waals surface area contributed by atoms with Crippen molar-refractivity contribution in [3.8, 4) is 11.3 Å². The van der Waals surface area contributed by atoms with Crippen LogP contribution in [-0.4, -0.2) is 62.4 Å². The number of carbonyl (C=O) groups is 2. The molecule has 7 heteroatoms. The first-order chi connectivity index (χ1) is 12.4. The smallest absolute Gasteiger partial charge is 0.256 e. The van der Waals surface area contributed by atoms with Gasteiger partial charge >= 0.3 is 0 Å². The Hall–Kier alpha value is -2.67. The van der Waals surface area contributed by atoms with Gasteiger partial charge in [0.2, 0.25) is 5.91 Å². The van der Waals surface area contributed by atoms with Gasteiger partial charge in [-0.15, -0.1) is 0 Å². The quantitative estimate of drug-likeness (QED) is 0.867. The highest BCUT2D eigenvalue weighted by Gasteiger charge is 2.42. The van der Waals surface area contributed by atoms with E-state index < -0.39 is 5.60 Å². The van der Waals surface area contributed by atoms with Gasteiger partial charge in [0.05, 0.1) is 25.0 Å². The zero-order valence-corrected chi connectivity index (χ0v) is 15.1. The molecule has 1 atom stereocenters. The molecule has 3 rings (SSSR count). The number of hydrogen-bond donors (Lipinski definition) is 2. The highest BCUT2D eigenvalue weighted by Crippen LogP contribution is 2.24. The van der Waals surface area contributed by atoms with Crippen molar-refractivity contribution in [3.63, 3.8) is 0 Å². The molecule has 1 aromatic carbocycles. The predicted molar refractivity (Wildman–Crippen MR) is 96.9 cm³/mol. The second-order valence-electron chi connectivity index (χ2n) is 6.85. The number of amides is 2. The lowest BCUT2D eigenvalue weighted by Gasteiger charge is -2.39. The molecule has 7 nitrogen and oxygen atoms in total. The third-order valence-electron chi connectivity index (χ3n) is 4.76. The third-order valence-corrected chi connectivity index (χ3v) is 4.76. The van der Waals surface area contributed by atoms with E-state index in [2.05, 4.69) is 9.97 Å². The van der Waals surface area contributed by atoms with Crippen molar-refractivity contribution in [2.24, 2.45) is 0 Å². The molecule has 1 aliphatic rings. The average molecular weight is 356 g/mol. The van der Waals surface area contributed by atoms with E-state index in [4.69, 9.17) is 0 Å². The number of imidazole rings is 1. The van der Waals surface area contributed by atoms with Gasteiger partial charge in [0, 0.05) is 20.5 Å². The normalized spacial score (nSPS) is 20.0. The lowest BCUT2D eigenvalue weighted by atomic mass is 9.91. The Morgan fingerprint density at radius 2 is 2.08 bits per heavy atom. The molecule has 0 bridgehead atoms. The molecule has 0 aliphatic carbocycles. The van der Waals surface area contributed by atoms with E-state index in [1.807, 2.05) is 30.3 Å². The number of aromatic nitrogens is 2. The molecule has 2 N–H and O–H groups in total. The standard InChI is InChI=1S/C19H24N4O3/c1-14(24)23-10-6-9-19(26,13-23)18(25)22(2)12-17-20-11-16(21-17)15-7-4-3-5-8-15/h3-5,7-8,11,26H,6,9-10,12-13H2,1-2H3,(H,20,21)/t19-/m0/s1.